The Bertz CT molecular complexity index is 513. The average Bonchev–Trinajstić information content (AvgIpc) is 3.17. The van der Waals surface area contributed by atoms with Crippen LogP contribution < -0.4 is 5.32 Å². The van der Waals surface area contributed by atoms with Crippen LogP contribution in [0.25, 0.3) is 0 Å². The lowest BCUT2D eigenvalue weighted by Gasteiger charge is -2.26. The van der Waals surface area contributed by atoms with Gasteiger partial charge in [-0.25, -0.2) is 4.39 Å². The van der Waals surface area contributed by atoms with Crippen molar-refractivity contribution in [3.8, 4) is 6.07 Å². The van der Waals surface area contributed by atoms with Gasteiger partial charge in [-0.1, -0.05) is 0 Å². The van der Waals surface area contributed by atoms with Gasteiger partial charge in [0.15, 0.2) is 0 Å². The van der Waals surface area contributed by atoms with E-state index in [0.29, 0.717) is 24.2 Å². The van der Waals surface area contributed by atoms with Gasteiger partial charge in [0.25, 0.3) is 0 Å². The Morgan fingerprint density at radius 2 is 2.20 bits per heavy atom. The molecule has 1 N–H and O–H groups in total. The normalized spacial score (nSPS) is 22.1. The van der Waals surface area contributed by atoms with Crippen molar-refractivity contribution < 1.29 is 4.39 Å². The van der Waals surface area contributed by atoms with Crippen LogP contribution in [0, 0.1) is 17.1 Å². The molecule has 1 aliphatic carbocycles. The fourth-order valence-corrected chi connectivity index (χ4v) is 3.00. The molecular formula is C16H20FN3. The Labute approximate surface area is 119 Å². The second kappa shape index (κ2) is 5.90. The number of nitrogens with one attached hydrogen (secondary N) is 1. The van der Waals surface area contributed by atoms with Gasteiger partial charge in [0.05, 0.1) is 11.6 Å². The first-order valence-corrected chi connectivity index (χ1v) is 7.42. The number of halogens is 1. The number of rotatable bonds is 5. The Hall–Kier alpha value is -1.44. The third-order valence-electron chi connectivity index (χ3n) is 4.24. The molecule has 0 aromatic heterocycles. The maximum atomic E-state index is 13.4. The first kappa shape index (κ1) is 13.5. The Kier molecular flexibility index (Phi) is 4.00. The summed E-state index contributed by atoms with van der Waals surface area (Å²) in [4.78, 5) is 2.42. The van der Waals surface area contributed by atoms with E-state index in [1.54, 1.807) is 6.07 Å². The molecule has 0 radical (unpaired) electrons. The van der Waals surface area contributed by atoms with Crippen molar-refractivity contribution in [1.29, 1.82) is 5.26 Å². The molecule has 1 atom stereocenters. The Balaban J connectivity index is 1.72. The number of nitriles is 1. The molecule has 1 aromatic carbocycles. The van der Waals surface area contributed by atoms with E-state index in [4.69, 9.17) is 5.26 Å². The lowest BCUT2D eigenvalue weighted by molar-refractivity contribution is 0.231. The largest absolute Gasteiger partial charge is 0.313 e. The summed E-state index contributed by atoms with van der Waals surface area (Å²) in [6.07, 6.45) is 4.91. The van der Waals surface area contributed by atoms with E-state index >= 15 is 0 Å². The van der Waals surface area contributed by atoms with Gasteiger partial charge in [-0.3, -0.25) is 4.90 Å². The maximum Gasteiger partial charge on any atom is 0.123 e. The second-order valence-electron chi connectivity index (χ2n) is 5.87. The van der Waals surface area contributed by atoms with Crippen LogP contribution in [0.3, 0.4) is 0 Å². The highest BCUT2D eigenvalue weighted by molar-refractivity contribution is 5.37. The highest BCUT2D eigenvalue weighted by Crippen LogP contribution is 2.29. The van der Waals surface area contributed by atoms with Gasteiger partial charge in [0.1, 0.15) is 5.82 Å². The summed E-state index contributed by atoms with van der Waals surface area (Å²) in [5.41, 5.74) is 1.41. The van der Waals surface area contributed by atoms with Gasteiger partial charge >= 0.3 is 0 Å². The molecule has 106 valence electrons. The molecule has 1 saturated heterocycles. The van der Waals surface area contributed by atoms with Crippen molar-refractivity contribution in [2.45, 2.75) is 44.3 Å². The summed E-state index contributed by atoms with van der Waals surface area (Å²) >= 11 is 0. The molecule has 0 spiro atoms. The van der Waals surface area contributed by atoms with Crippen molar-refractivity contribution in [3.63, 3.8) is 0 Å². The molecule has 1 saturated carbocycles. The van der Waals surface area contributed by atoms with Crippen molar-refractivity contribution in [2.75, 3.05) is 13.1 Å². The van der Waals surface area contributed by atoms with E-state index < -0.39 is 0 Å². The van der Waals surface area contributed by atoms with Crippen LogP contribution in [0.4, 0.5) is 4.39 Å². The van der Waals surface area contributed by atoms with Crippen LogP contribution in [0.1, 0.15) is 36.8 Å². The molecule has 1 unspecified atom stereocenters. The van der Waals surface area contributed by atoms with Crippen LogP contribution in [0.5, 0.6) is 0 Å². The maximum absolute atomic E-state index is 13.4. The highest BCUT2D eigenvalue weighted by Gasteiger charge is 2.31. The quantitative estimate of drug-likeness (QED) is 0.895. The van der Waals surface area contributed by atoms with Crippen molar-refractivity contribution in [3.05, 3.63) is 35.1 Å². The van der Waals surface area contributed by atoms with Crippen LogP contribution >= 0.6 is 0 Å². The highest BCUT2D eigenvalue weighted by atomic mass is 19.1. The molecule has 1 aromatic rings. The summed E-state index contributed by atoms with van der Waals surface area (Å²) < 4.78 is 13.4. The molecule has 3 nitrogen and oxygen atoms in total. The van der Waals surface area contributed by atoms with Crippen LogP contribution in [0.15, 0.2) is 18.2 Å². The van der Waals surface area contributed by atoms with Gasteiger partial charge in [-0.15, -0.1) is 0 Å². The zero-order valence-electron chi connectivity index (χ0n) is 11.6. The summed E-state index contributed by atoms with van der Waals surface area (Å²) in [7, 11) is 0. The molecule has 1 heterocycles. The SMILES string of the molecule is N#Cc1ccc(F)cc1CN(CC1CCCN1)C1CC1. The fraction of sp³-hybridized carbons (Fsp3) is 0.562. The predicted octanol–water partition coefficient (Wildman–Crippen LogP) is 2.41. The number of hydrogen-bond donors (Lipinski definition) is 1. The molecule has 4 heteroatoms. The smallest absolute Gasteiger partial charge is 0.123 e. The Morgan fingerprint density at radius 3 is 2.85 bits per heavy atom. The summed E-state index contributed by atoms with van der Waals surface area (Å²) in [5, 5.41) is 12.7. The molecule has 20 heavy (non-hydrogen) atoms. The van der Waals surface area contributed by atoms with E-state index in [-0.39, 0.29) is 5.82 Å². The lowest BCUT2D eigenvalue weighted by atomic mass is 10.1. The Morgan fingerprint density at radius 1 is 1.35 bits per heavy atom. The predicted molar refractivity (Wildman–Crippen MR) is 75.6 cm³/mol. The second-order valence-corrected chi connectivity index (χ2v) is 5.87. The third kappa shape index (κ3) is 3.17. The minimum Gasteiger partial charge on any atom is -0.313 e. The molecule has 3 rings (SSSR count). The van der Waals surface area contributed by atoms with Crippen molar-refractivity contribution in [2.24, 2.45) is 0 Å². The minimum absolute atomic E-state index is 0.256. The van der Waals surface area contributed by atoms with Crippen LogP contribution in [0.2, 0.25) is 0 Å². The number of benzene rings is 1. The van der Waals surface area contributed by atoms with Gasteiger partial charge in [0.2, 0.25) is 0 Å². The third-order valence-corrected chi connectivity index (χ3v) is 4.24. The van der Waals surface area contributed by atoms with E-state index in [0.717, 1.165) is 18.7 Å². The molecule has 1 aliphatic heterocycles. The van der Waals surface area contributed by atoms with Gasteiger partial charge < -0.3 is 5.32 Å². The van der Waals surface area contributed by atoms with Gasteiger partial charge in [0, 0.05) is 25.2 Å². The van der Waals surface area contributed by atoms with Crippen LogP contribution in [-0.4, -0.2) is 30.1 Å². The monoisotopic (exact) mass is 273 g/mol. The van der Waals surface area contributed by atoms with Crippen molar-refractivity contribution in [1.82, 2.24) is 10.2 Å². The zero-order valence-corrected chi connectivity index (χ0v) is 11.6. The minimum atomic E-state index is -0.256. The number of nitrogens with zero attached hydrogens (tertiary/aromatic N) is 2. The molecule has 2 aliphatic rings. The van der Waals surface area contributed by atoms with Gasteiger partial charge in [-0.2, -0.15) is 5.26 Å². The molecule has 0 bridgehead atoms. The van der Waals surface area contributed by atoms with Crippen molar-refractivity contribution >= 4 is 0 Å². The molecule has 2 fully saturated rings. The average molecular weight is 273 g/mol. The van der Waals surface area contributed by atoms with E-state index in [1.807, 2.05) is 0 Å². The number of hydrogen-bond acceptors (Lipinski definition) is 3. The lowest BCUT2D eigenvalue weighted by Crippen LogP contribution is -2.38. The van der Waals surface area contributed by atoms with Crippen LogP contribution in [-0.2, 0) is 6.54 Å². The standard InChI is InChI=1S/C16H20FN3/c17-14-4-3-12(9-18)13(8-14)10-20(16-5-6-16)11-15-2-1-7-19-15/h3-4,8,15-16,19H,1-2,5-7,10-11H2. The molecular weight excluding hydrogens is 253 g/mol. The molecule has 0 amide bonds. The summed E-state index contributed by atoms with van der Waals surface area (Å²) in [6.45, 7) is 2.79. The first-order valence-electron chi connectivity index (χ1n) is 7.42. The summed E-state index contributed by atoms with van der Waals surface area (Å²) in [6, 6.07) is 7.80. The van der Waals surface area contributed by atoms with E-state index in [2.05, 4.69) is 16.3 Å². The summed E-state index contributed by atoms with van der Waals surface area (Å²) in [5.74, 6) is -0.256. The zero-order chi connectivity index (χ0) is 13.9. The van der Waals surface area contributed by atoms with E-state index in [9.17, 15) is 4.39 Å². The topological polar surface area (TPSA) is 39.1 Å². The first-order chi connectivity index (χ1) is 9.76. The fourth-order valence-electron chi connectivity index (χ4n) is 3.00. The van der Waals surface area contributed by atoms with Gasteiger partial charge in [-0.05, 0) is 56.0 Å². The van der Waals surface area contributed by atoms with E-state index in [1.165, 1.54) is 37.8 Å².